The largest absolute Gasteiger partial charge is 0.303 e. The summed E-state index contributed by atoms with van der Waals surface area (Å²) in [6.45, 7) is 10.5. The van der Waals surface area contributed by atoms with Crippen molar-refractivity contribution >= 4 is 6.29 Å². The predicted octanol–water partition coefficient (Wildman–Crippen LogP) is 4.28. The van der Waals surface area contributed by atoms with Gasteiger partial charge in [-0.2, -0.15) is 0 Å². The van der Waals surface area contributed by atoms with Crippen LogP contribution in [0.5, 0.6) is 0 Å². The van der Waals surface area contributed by atoms with E-state index in [-0.39, 0.29) is 5.41 Å². The molecule has 0 N–H and O–H groups in total. The third-order valence-corrected chi connectivity index (χ3v) is 5.70. The normalized spacial score (nSPS) is 26.1. The molecule has 0 atom stereocenters. The number of nitrogens with zero attached hydrogens (tertiary/aromatic N) is 1. The van der Waals surface area contributed by atoms with Gasteiger partial charge in [-0.1, -0.05) is 46.5 Å². The Bertz CT molecular complexity index is 302. The van der Waals surface area contributed by atoms with Crippen molar-refractivity contribution in [2.75, 3.05) is 19.6 Å². The van der Waals surface area contributed by atoms with Crippen LogP contribution in [0.2, 0.25) is 0 Å². The highest BCUT2D eigenvalue weighted by Crippen LogP contribution is 2.37. The van der Waals surface area contributed by atoms with Crippen molar-refractivity contribution in [3.05, 3.63) is 0 Å². The molecule has 2 nitrogen and oxygen atoms in total. The molecule has 1 aliphatic heterocycles. The summed E-state index contributed by atoms with van der Waals surface area (Å²) in [6.07, 6.45) is 11.3. The summed E-state index contributed by atoms with van der Waals surface area (Å²) in [5.74, 6) is 0.847. The molecule has 0 aromatic rings. The number of carbonyl (C=O) groups is 1. The van der Waals surface area contributed by atoms with E-state index in [4.69, 9.17) is 0 Å². The van der Waals surface area contributed by atoms with Crippen molar-refractivity contribution in [1.82, 2.24) is 4.90 Å². The van der Waals surface area contributed by atoms with E-state index in [2.05, 4.69) is 25.7 Å². The smallest absolute Gasteiger partial charge is 0.127 e. The molecule has 0 radical (unpaired) electrons. The second-order valence-corrected chi connectivity index (χ2v) is 8.31. The lowest BCUT2D eigenvalue weighted by Crippen LogP contribution is -2.44. The fourth-order valence-electron chi connectivity index (χ4n) is 4.15. The van der Waals surface area contributed by atoms with Gasteiger partial charge in [-0.25, -0.2) is 0 Å². The Morgan fingerprint density at radius 2 is 1.60 bits per heavy atom. The van der Waals surface area contributed by atoms with Crippen molar-refractivity contribution in [1.29, 1.82) is 0 Å². The standard InChI is InChI=1S/C18H33NO/c1-17(2,3)16-8-12-19(13-9-16)14-18(15-20)10-6-4-5-7-11-18/h15-16H,4-14H2,1-3H3. The van der Waals surface area contributed by atoms with Crippen LogP contribution >= 0.6 is 0 Å². The van der Waals surface area contributed by atoms with Crippen LogP contribution in [0.4, 0.5) is 0 Å². The van der Waals surface area contributed by atoms with E-state index < -0.39 is 0 Å². The lowest BCUT2D eigenvalue weighted by atomic mass is 9.74. The minimum absolute atomic E-state index is 0.0227. The van der Waals surface area contributed by atoms with Gasteiger partial charge in [0.25, 0.3) is 0 Å². The van der Waals surface area contributed by atoms with E-state index in [0.29, 0.717) is 5.41 Å². The molecule has 0 amide bonds. The van der Waals surface area contributed by atoms with Crippen LogP contribution < -0.4 is 0 Å². The van der Waals surface area contributed by atoms with Crippen LogP contribution in [0.15, 0.2) is 0 Å². The van der Waals surface area contributed by atoms with E-state index in [0.717, 1.165) is 25.3 Å². The molecule has 20 heavy (non-hydrogen) atoms. The third kappa shape index (κ3) is 4.07. The first kappa shape index (κ1) is 16.0. The second-order valence-electron chi connectivity index (χ2n) is 8.31. The molecule has 0 bridgehead atoms. The van der Waals surface area contributed by atoms with E-state index >= 15 is 0 Å². The molecule has 1 saturated heterocycles. The Kier molecular flexibility index (Phi) is 5.28. The summed E-state index contributed by atoms with van der Waals surface area (Å²) in [5.41, 5.74) is 0.418. The van der Waals surface area contributed by atoms with Crippen LogP contribution in [0, 0.1) is 16.7 Å². The van der Waals surface area contributed by atoms with Crippen LogP contribution in [-0.2, 0) is 4.79 Å². The summed E-state index contributed by atoms with van der Waals surface area (Å²) in [5, 5.41) is 0. The van der Waals surface area contributed by atoms with Crippen molar-refractivity contribution in [3.8, 4) is 0 Å². The quantitative estimate of drug-likeness (QED) is 0.567. The summed E-state index contributed by atoms with van der Waals surface area (Å²) in [6, 6.07) is 0. The molecule has 2 rings (SSSR count). The van der Waals surface area contributed by atoms with Gasteiger partial charge in [0.2, 0.25) is 0 Å². The molecule has 0 aromatic heterocycles. The van der Waals surface area contributed by atoms with Gasteiger partial charge in [-0.15, -0.1) is 0 Å². The molecule has 0 aromatic carbocycles. The Hall–Kier alpha value is -0.370. The second kappa shape index (κ2) is 6.60. The molecule has 2 fully saturated rings. The highest BCUT2D eigenvalue weighted by Gasteiger charge is 2.35. The maximum atomic E-state index is 11.7. The molecule has 116 valence electrons. The molecule has 0 unspecified atom stereocenters. The summed E-state index contributed by atoms with van der Waals surface area (Å²) in [4.78, 5) is 14.3. The van der Waals surface area contributed by atoms with Crippen LogP contribution in [0.1, 0.15) is 72.1 Å². The highest BCUT2D eigenvalue weighted by molar-refractivity contribution is 5.59. The van der Waals surface area contributed by atoms with Gasteiger partial charge in [0.15, 0.2) is 0 Å². The maximum Gasteiger partial charge on any atom is 0.127 e. The molecule has 0 spiro atoms. The minimum Gasteiger partial charge on any atom is -0.303 e. The number of hydrogen-bond acceptors (Lipinski definition) is 2. The number of rotatable bonds is 3. The van der Waals surface area contributed by atoms with Crippen LogP contribution in [0.25, 0.3) is 0 Å². The lowest BCUT2D eigenvalue weighted by Gasteiger charge is -2.41. The first-order chi connectivity index (χ1) is 9.45. The number of piperidine rings is 1. The summed E-state index contributed by atoms with van der Waals surface area (Å²) in [7, 11) is 0. The van der Waals surface area contributed by atoms with Gasteiger partial charge in [0.1, 0.15) is 6.29 Å². The molecule has 1 heterocycles. The molecule has 1 aliphatic carbocycles. The SMILES string of the molecule is CC(C)(C)C1CCN(CC2(C=O)CCCCCC2)CC1. The van der Waals surface area contributed by atoms with Gasteiger partial charge >= 0.3 is 0 Å². The van der Waals surface area contributed by atoms with E-state index in [1.165, 1.54) is 57.9 Å². The number of aldehydes is 1. The summed E-state index contributed by atoms with van der Waals surface area (Å²) >= 11 is 0. The van der Waals surface area contributed by atoms with Gasteiger partial charge in [0, 0.05) is 12.0 Å². The topological polar surface area (TPSA) is 20.3 Å². The van der Waals surface area contributed by atoms with Crippen LogP contribution in [-0.4, -0.2) is 30.8 Å². The predicted molar refractivity (Wildman–Crippen MR) is 84.8 cm³/mol. The zero-order chi connectivity index (χ0) is 14.6. The van der Waals surface area contributed by atoms with Crippen LogP contribution in [0.3, 0.4) is 0 Å². The zero-order valence-electron chi connectivity index (χ0n) is 13.8. The van der Waals surface area contributed by atoms with Crippen molar-refractivity contribution in [2.24, 2.45) is 16.7 Å². The molecule has 2 heteroatoms. The number of carbonyl (C=O) groups excluding carboxylic acids is 1. The number of hydrogen-bond donors (Lipinski definition) is 0. The Morgan fingerprint density at radius 3 is 2.05 bits per heavy atom. The zero-order valence-corrected chi connectivity index (χ0v) is 13.8. The Balaban J connectivity index is 1.88. The monoisotopic (exact) mass is 279 g/mol. The van der Waals surface area contributed by atoms with Gasteiger partial charge < -0.3 is 9.69 Å². The average molecular weight is 279 g/mol. The van der Waals surface area contributed by atoms with Crippen molar-refractivity contribution in [3.63, 3.8) is 0 Å². The summed E-state index contributed by atoms with van der Waals surface area (Å²) < 4.78 is 0. The average Bonchev–Trinajstić information content (AvgIpc) is 2.64. The minimum atomic E-state index is -0.0227. The third-order valence-electron chi connectivity index (χ3n) is 5.70. The number of likely N-dealkylation sites (tertiary alicyclic amines) is 1. The Labute approximate surface area is 125 Å². The highest BCUT2D eigenvalue weighted by atomic mass is 16.1. The fraction of sp³-hybridized carbons (Fsp3) is 0.944. The van der Waals surface area contributed by atoms with E-state index in [1.54, 1.807) is 0 Å². The maximum absolute atomic E-state index is 11.7. The van der Waals surface area contributed by atoms with Gasteiger partial charge in [-0.3, -0.25) is 0 Å². The van der Waals surface area contributed by atoms with E-state index in [1.807, 2.05) is 0 Å². The molecule has 1 saturated carbocycles. The molecule has 2 aliphatic rings. The first-order valence-electron chi connectivity index (χ1n) is 8.64. The fourth-order valence-corrected chi connectivity index (χ4v) is 4.15. The molecular weight excluding hydrogens is 246 g/mol. The van der Waals surface area contributed by atoms with Crippen molar-refractivity contribution in [2.45, 2.75) is 72.1 Å². The van der Waals surface area contributed by atoms with E-state index in [9.17, 15) is 4.79 Å². The van der Waals surface area contributed by atoms with Crippen molar-refractivity contribution < 1.29 is 4.79 Å². The lowest BCUT2D eigenvalue weighted by molar-refractivity contribution is -0.118. The van der Waals surface area contributed by atoms with Gasteiger partial charge in [-0.05, 0) is 50.1 Å². The molecular formula is C18H33NO. The first-order valence-corrected chi connectivity index (χ1v) is 8.64. The van der Waals surface area contributed by atoms with Gasteiger partial charge in [0.05, 0.1) is 0 Å². The Morgan fingerprint density at radius 1 is 1.05 bits per heavy atom.